The van der Waals surface area contributed by atoms with E-state index in [0.29, 0.717) is 18.7 Å². The Hall–Kier alpha value is -1.92. The molecule has 0 saturated heterocycles. The highest BCUT2D eigenvalue weighted by atomic mass is 16.5. The van der Waals surface area contributed by atoms with E-state index in [0.717, 1.165) is 0 Å². The van der Waals surface area contributed by atoms with Gasteiger partial charge in [0.2, 0.25) is 5.91 Å². The molecule has 1 heterocycles. The van der Waals surface area contributed by atoms with Crippen LogP contribution in [0.1, 0.15) is 56.2 Å². The van der Waals surface area contributed by atoms with E-state index in [4.69, 9.17) is 0 Å². The van der Waals surface area contributed by atoms with Gasteiger partial charge in [-0.1, -0.05) is 19.1 Å². The third-order valence-electron chi connectivity index (χ3n) is 2.70. The van der Waals surface area contributed by atoms with Crippen molar-refractivity contribution in [3.63, 3.8) is 0 Å². The second-order valence-electron chi connectivity index (χ2n) is 5.16. The van der Waals surface area contributed by atoms with Gasteiger partial charge in [-0.3, -0.25) is 4.79 Å². The first-order valence-corrected chi connectivity index (χ1v) is 6.67. The average Bonchev–Trinajstić information content (AvgIpc) is 2.78. The van der Waals surface area contributed by atoms with Crippen LogP contribution in [0.15, 0.2) is 0 Å². The Morgan fingerprint density at radius 1 is 1.30 bits per heavy atom. The van der Waals surface area contributed by atoms with Crippen LogP contribution in [0.2, 0.25) is 0 Å². The summed E-state index contributed by atoms with van der Waals surface area (Å²) in [6.45, 7) is 8.08. The van der Waals surface area contributed by atoms with Crippen molar-refractivity contribution in [2.24, 2.45) is 0 Å². The number of carbonyl (C=O) groups is 2. The summed E-state index contributed by atoms with van der Waals surface area (Å²) < 4.78 is 6.28. The average molecular weight is 282 g/mol. The smallest absolute Gasteiger partial charge is 0.360 e. The van der Waals surface area contributed by atoms with Gasteiger partial charge in [0.15, 0.2) is 5.69 Å². The summed E-state index contributed by atoms with van der Waals surface area (Å²) in [4.78, 5) is 23.3. The summed E-state index contributed by atoms with van der Waals surface area (Å²) >= 11 is 0. The zero-order valence-electron chi connectivity index (χ0n) is 12.6. The second kappa shape index (κ2) is 7.02. The van der Waals surface area contributed by atoms with E-state index in [1.807, 2.05) is 27.7 Å². The molecule has 112 valence electrons. The lowest BCUT2D eigenvalue weighted by Gasteiger charge is -2.11. The monoisotopic (exact) mass is 282 g/mol. The Bertz CT molecular complexity index is 480. The minimum absolute atomic E-state index is 0.0511. The summed E-state index contributed by atoms with van der Waals surface area (Å²) in [5.41, 5.74) is 0.904. The molecular formula is C13H22N4O3. The normalized spacial score (nSPS) is 10.9. The van der Waals surface area contributed by atoms with Gasteiger partial charge < -0.3 is 10.1 Å². The number of hydrogen-bond acceptors (Lipinski definition) is 5. The lowest BCUT2D eigenvalue weighted by Crippen LogP contribution is -2.31. The Morgan fingerprint density at radius 2 is 1.95 bits per heavy atom. The number of ether oxygens (including phenoxy) is 1. The van der Waals surface area contributed by atoms with E-state index in [2.05, 4.69) is 20.4 Å². The molecule has 1 aromatic heterocycles. The number of aryl methyl sites for hydroxylation is 1. The van der Waals surface area contributed by atoms with Crippen LogP contribution in [0, 0.1) is 0 Å². The van der Waals surface area contributed by atoms with Crippen molar-refractivity contribution in [1.29, 1.82) is 0 Å². The summed E-state index contributed by atoms with van der Waals surface area (Å²) in [6.07, 6.45) is 0.294. The van der Waals surface area contributed by atoms with Crippen molar-refractivity contribution >= 4 is 11.9 Å². The van der Waals surface area contributed by atoms with Gasteiger partial charge in [-0.05, 0) is 19.8 Å². The molecule has 0 radical (unpaired) electrons. The zero-order chi connectivity index (χ0) is 15.3. The molecule has 0 aromatic carbocycles. The minimum atomic E-state index is -0.508. The van der Waals surface area contributed by atoms with Crippen molar-refractivity contribution in [3.8, 4) is 0 Å². The number of nitrogens with one attached hydrogen (secondary N) is 1. The van der Waals surface area contributed by atoms with Gasteiger partial charge in [0, 0.05) is 12.5 Å². The second-order valence-corrected chi connectivity index (χ2v) is 5.16. The molecule has 0 unspecified atom stereocenters. The molecule has 7 nitrogen and oxygen atoms in total. The van der Waals surface area contributed by atoms with Crippen LogP contribution < -0.4 is 5.32 Å². The highest BCUT2D eigenvalue weighted by Crippen LogP contribution is 2.18. The molecule has 1 aromatic rings. The van der Waals surface area contributed by atoms with Crippen molar-refractivity contribution < 1.29 is 14.3 Å². The third-order valence-corrected chi connectivity index (χ3v) is 2.70. The summed E-state index contributed by atoms with van der Waals surface area (Å²) in [5.74, 6) is -0.497. The van der Waals surface area contributed by atoms with Crippen LogP contribution in [0.3, 0.4) is 0 Å². The molecule has 7 heteroatoms. The SMILES string of the molecule is COC(=O)c1nnn(CCC(=O)NC(C)C)c1C(C)C. The molecule has 0 aliphatic carbocycles. The lowest BCUT2D eigenvalue weighted by atomic mass is 10.1. The zero-order valence-corrected chi connectivity index (χ0v) is 12.6. The van der Waals surface area contributed by atoms with Gasteiger partial charge in [0.05, 0.1) is 19.3 Å². The fraction of sp³-hybridized carbons (Fsp3) is 0.692. The standard InChI is InChI=1S/C13H22N4O3/c1-8(2)12-11(13(19)20-5)15-16-17(12)7-6-10(18)14-9(3)4/h8-9H,6-7H2,1-5H3,(H,14,18). The topological polar surface area (TPSA) is 86.1 Å². The van der Waals surface area contributed by atoms with Crippen LogP contribution in [-0.2, 0) is 16.1 Å². The number of nitrogens with zero attached hydrogens (tertiary/aromatic N) is 3. The molecule has 0 aliphatic rings. The maximum Gasteiger partial charge on any atom is 0.360 e. The summed E-state index contributed by atoms with van der Waals surface area (Å²) in [6, 6.07) is 0.105. The molecule has 1 rings (SSSR count). The minimum Gasteiger partial charge on any atom is -0.464 e. The Kier molecular flexibility index (Phi) is 5.66. The lowest BCUT2D eigenvalue weighted by molar-refractivity contribution is -0.121. The summed E-state index contributed by atoms with van der Waals surface area (Å²) in [7, 11) is 1.31. The quantitative estimate of drug-likeness (QED) is 0.790. The molecule has 20 heavy (non-hydrogen) atoms. The number of amides is 1. The Balaban J connectivity index is 2.83. The summed E-state index contributed by atoms with van der Waals surface area (Å²) in [5, 5.41) is 10.6. The van der Waals surface area contributed by atoms with Crippen LogP contribution in [0.5, 0.6) is 0 Å². The number of rotatable bonds is 6. The molecule has 0 bridgehead atoms. The molecule has 0 atom stereocenters. The van der Waals surface area contributed by atoms with Crippen molar-refractivity contribution in [3.05, 3.63) is 11.4 Å². The van der Waals surface area contributed by atoms with Crippen molar-refractivity contribution in [1.82, 2.24) is 20.3 Å². The first-order chi connectivity index (χ1) is 9.36. The van der Waals surface area contributed by atoms with E-state index in [9.17, 15) is 9.59 Å². The van der Waals surface area contributed by atoms with Gasteiger partial charge in [-0.25, -0.2) is 9.48 Å². The number of hydrogen-bond donors (Lipinski definition) is 1. The molecule has 0 saturated carbocycles. The first kappa shape index (κ1) is 16.1. The highest BCUT2D eigenvalue weighted by molar-refractivity contribution is 5.88. The van der Waals surface area contributed by atoms with E-state index >= 15 is 0 Å². The van der Waals surface area contributed by atoms with Crippen molar-refractivity contribution in [2.75, 3.05) is 7.11 Å². The van der Waals surface area contributed by atoms with Crippen LogP contribution in [-0.4, -0.2) is 40.0 Å². The van der Waals surface area contributed by atoms with Crippen LogP contribution >= 0.6 is 0 Å². The number of esters is 1. The van der Waals surface area contributed by atoms with Crippen molar-refractivity contribution in [2.45, 2.75) is 52.6 Å². The Labute approximate surface area is 118 Å². The molecule has 1 N–H and O–H groups in total. The predicted molar refractivity (Wildman–Crippen MR) is 73.3 cm³/mol. The van der Waals surface area contributed by atoms with Gasteiger partial charge >= 0.3 is 5.97 Å². The maximum absolute atomic E-state index is 11.6. The first-order valence-electron chi connectivity index (χ1n) is 6.67. The predicted octanol–water partition coefficient (Wildman–Crippen LogP) is 1.10. The Morgan fingerprint density at radius 3 is 2.45 bits per heavy atom. The van der Waals surface area contributed by atoms with Gasteiger partial charge in [-0.2, -0.15) is 0 Å². The number of carbonyl (C=O) groups excluding carboxylic acids is 2. The van der Waals surface area contributed by atoms with E-state index in [1.165, 1.54) is 7.11 Å². The molecule has 0 aliphatic heterocycles. The fourth-order valence-electron chi connectivity index (χ4n) is 1.90. The molecule has 1 amide bonds. The molecule has 0 spiro atoms. The maximum atomic E-state index is 11.6. The van der Waals surface area contributed by atoms with Crippen LogP contribution in [0.4, 0.5) is 0 Å². The number of methoxy groups -OCH3 is 1. The van der Waals surface area contributed by atoms with Crippen LogP contribution in [0.25, 0.3) is 0 Å². The van der Waals surface area contributed by atoms with Gasteiger partial charge in [0.1, 0.15) is 0 Å². The molecular weight excluding hydrogens is 260 g/mol. The highest BCUT2D eigenvalue weighted by Gasteiger charge is 2.22. The third kappa shape index (κ3) is 4.04. The fourth-order valence-corrected chi connectivity index (χ4v) is 1.90. The largest absolute Gasteiger partial charge is 0.464 e. The number of aromatic nitrogens is 3. The van der Waals surface area contributed by atoms with E-state index in [1.54, 1.807) is 4.68 Å². The van der Waals surface area contributed by atoms with E-state index < -0.39 is 5.97 Å². The molecule has 0 fully saturated rings. The van der Waals surface area contributed by atoms with E-state index in [-0.39, 0.29) is 23.6 Å². The van der Waals surface area contributed by atoms with Gasteiger partial charge in [-0.15, -0.1) is 5.10 Å². The van der Waals surface area contributed by atoms with Gasteiger partial charge in [0.25, 0.3) is 0 Å².